The van der Waals surface area contributed by atoms with Gasteiger partial charge in [0.15, 0.2) is 0 Å². The molecule has 0 heterocycles. The maximum atomic E-state index is 12.3. The van der Waals surface area contributed by atoms with E-state index in [1.54, 1.807) is 6.21 Å². The molecule has 0 atom stereocenters. The predicted molar refractivity (Wildman–Crippen MR) is 123 cm³/mol. The van der Waals surface area contributed by atoms with Gasteiger partial charge in [-0.2, -0.15) is 5.10 Å². The molecule has 0 spiro atoms. The molecule has 0 unspecified atom stereocenters. The van der Waals surface area contributed by atoms with E-state index in [0.717, 1.165) is 27.6 Å². The van der Waals surface area contributed by atoms with E-state index in [9.17, 15) is 9.90 Å². The normalized spacial score (nSPS) is 11.0. The number of hydrogen-bond acceptors (Lipinski definition) is 4. The molecule has 2 N–H and O–H groups in total. The number of carbonyl (C=O) groups is 1. The number of rotatable bonds is 6. The van der Waals surface area contributed by atoms with Crippen LogP contribution in [0.25, 0.3) is 10.8 Å². The molecule has 0 radical (unpaired) electrons. The van der Waals surface area contributed by atoms with E-state index in [1.165, 1.54) is 18.2 Å². The second-order valence-corrected chi connectivity index (χ2v) is 7.25. The third-order valence-electron chi connectivity index (χ3n) is 4.73. The molecule has 4 rings (SSSR count). The minimum absolute atomic E-state index is 0.0808. The summed E-state index contributed by atoms with van der Waals surface area (Å²) in [5, 5.41) is 15.6. The summed E-state index contributed by atoms with van der Waals surface area (Å²) in [5.74, 6) is 0.271. The number of benzene rings is 4. The summed E-state index contributed by atoms with van der Waals surface area (Å²) >= 11 is 5.85. The number of fused-ring (bicyclic) bond motifs is 1. The number of aromatic hydroxyl groups is 1. The fourth-order valence-corrected chi connectivity index (χ4v) is 3.32. The lowest BCUT2D eigenvalue weighted by Gasteiger charge is -2.11. The van der Waals surface area contributed by atoms with Crippen molar-refractivity contribution >= 4 is 34.5 Å². The quantitative estimate of drug-likeness (QED) is 0.311. The molecule has 0 aromatic heterocycles. The first kappa shape index (κ1) is 20.4. The lowest BCUT2D eigenvalue weighted by molar-refractivity contribution is 0.0955. The highest BCUT2D eigenvalue weighted by molar-refractivity contribution is 6.32. The lowest BCUT2D eigenvalue weighted by Crippen LogP contribution is -2.17. The van der Waals surface area contributed by atoms with Crippen LogP contribution < -0.4 is 10.2 Å². The average molecular weight is 431 g/mol. The largest absolute Gasteiger partial charge is 0.506 e. The van der Waals surface area contributed by atoms with Crippen molar-refractivity contribution in [2.45, 2.75) is 6.61 Å². The molecule has 0 aliphatic rings. The van der Waals surface area contributed by atoms with Crippen molar-refractivity contribution in [2.75, 3.05) is 0 Å². The van der Waals surface area contributed by atoms with Gasteiger partial charge in [0, 0.05) is 16.5 Å². The molecule has 5 nitrogen and oxygen atoms in total. The van der Waals surface area contributed by atoms with Crippen LogP contribution in [0.4, 0.5) is 0 Å². The van der Waals surface area contributed by atoms with Crippen LogP contribution in [0.1, 0.15) is 21.5 Å². The Bertz CT molecular complexity index is 1260. The van der Waals surface area contributed by atoms with Gasteiger partial charge in [-0.15, -0.1) is 0 Å². The van der Waals surface area contributed by atoms with Crippen molar-refractivity contribution < 1.29 is 14.6 Å². The zero-order chi connectivity index (χ0) is 21.6. The van der Waals surface area contributed by atoms with Crippen LogP contribution in [0, 0.1) is 0 Å². The molecule has 0 fully saturated rings. The minimum atomic E-state index is -0.426. The molecule has 6 heteroatoms. The Morgan fingerprint density at radius 1 is 0.968 bits per heavy atom. The fraction of sp³-hybridized carbons (Fsp3) is 0.0400. The van der Waals surface area contributed by atoms with Crippen LogP contribution in [-0.4, -0.2) is 17.2 Å². The zero-order valence-electron chi connectivity index (χ0n) is 16.5. The molecule has 0 aliphatic carbocycles. The monoisotopic (exact) mass is 430 g/mol. The molecule has 0 saturated carbocycles. The molecular formula is C25H19ClN2O3. The zero-order valence-corrected chi connectivity index (χ0v) is 17.2. The summed E-state index contributed by atoms with van der Waals surface area (Å²) in [7, 11) is 0. The van der Waals surface area contributed by atoms with Crippen LogP contribution in [0.2, 0.25) is 5.02 Å². The number of hydrogen-bond donors (Lipinski definition) is 2. The highest BCUT2D eigenvalue weighted by atomic mass is 35.5. The topological polar surface area (TPSA) is 70.9 Å². The van der Waals surface area contributed by atoms with Crippen molar-refractivity contribution in [1.29, 1.82) is 0 Å². The van der Waals surface area contributed by atoms with Gasteiger partial charge in [-0.25, -0.2) is 5.43 Å². The van der Waals surface area contributed by atoms with E-state index in [-0.39, 0.29) is 10.8 Å². The maximum Gasteiger partial charge on any atom is 0.271 e. The van der Waals surface area contributed by atoms with E-state index in [1.807, 2.05) is 66.7 Å². The number of phenolic OH excluding ortho intramolecular Hbond substituents is 1. The van der Waals surface area contributed by atoms with Crippen molar-refractivity contribution in [3.05, 3.63) is 107 Å². The van der Waals surface area contributed by atoms with E-state index in [0.29, 0.717) is 12.2 Å². The second kappa shape index (κ2) is 9.32. The van der Waals surface area contributed by atoms with Crippen LogP contribution in [0.15, 0.2) is 90.0 Å². The number of carbonyl (C=O) groups excluding carboxylic acids is 1. The van der Waals surface area contributed by atoms with Gasteiger partial charge >= 0.3 is 0 Å². The number of nitrogens with zero attached hydrogens (tertiary/aromatic N) is 1. The lowest BCUT2D eigenvalue weighted by atomic mass is 10.0. The first-order valence-electron chi connectivity index (χ1n) is 9.62. The summed E-state index contributed by atoms with van der Waals surface area (Å²) in [5.41, 5.74) is 4.71. The summed E-state index contributed by atoms with van der Waals surface area (Å²) in [6.45, 7) is 0.476. The molecule has 1 amide bonds. The van der Waals surface area contributed by atoms with Gasteiger partial charge in [0.05, 0.1) is 11.2 Å². The average Bonchev–Trinajstić information content (AvgIpc) is 2.80. The van der Waals surface area contributed by atoms with Gasteiger partial charge in [0.25, 0.3) is 5.91 Å². The van der Waals surface area contributed by atoms with Crippen molar-refractivity contribution in [2.24, 2.45) is 5.10 Å². The van der Waals surface area contributed by atoms with E-state index in [2.05, 4.69) is 10.5 Å². The number of nitrogens with one attached hydrogen (secondary N) is 1. The predicted octanol–water partition coefficient (Wildman–Crippen LogP) is 5.54. The van der Waals surface area contributed by atoms with Crippen molar-refractivity contribution in [3.8, 4) is 11.5 Å². The number of phenols is 1. The number of ether oxygens (including phenoxy) is 1. The SMILES string of the molecule is O=C(N/N=C/c1ccc(OCc2ccccc2)c2ccccc12)c1ccc(O)c(Cl)c1. The van der Waals surface area contributed by atoms with E-state index in [4.69, 9.17) is 16.3 Å². The maximum absolute atomic E-state index is 12.3. The van der Waals surface area contributed by atoms with Gasteiger partial charge in [0.1, 0.15) is 18.1 Å². The summed E-state index contributed by atoms with van der Waals surface area (Å²) < 4.78 is 6.03. The van der Waals surface area contributed by atoms with Gasteiger partial charge in [-0.1, -0.05) is 66.2 Å². The number of hydrazone groups is 1. The fourth-order valence-electron chi connectivity index (χ4n) is 3.14. The molecule has 4 aromatic rings. The molecule has 31 heavy (non-hydrogen) atoms. The Morgan fingerprint density at radius 3 is 2.48 bits per heavy atom. The van der Waals surface area contributed by atoms with Crippen LogP contribution in [0.5, 0.6) is 11.5 Å². The van der Waals surface area contributed by atoms with Crippen LogP contribution in [0.3, 0.4) is 0 Å². The summed E-state index contributed by atoms with van der Waals surface area (Å²) in [6, 6.07) is 25.9. The summed E-state index contributed by atoms with van der Waals surface area (Å²) in [6.07, 6.45) is 1.59. The third-order valence-corrected chi connectivity index (χ3v) is 5.04. The smallest absolute Gasteiger partial charge is 0.271 e. The van der Waals surface area contributed by atoms with Crippen LogP contribution in [-0.2, 0) is 6.61 Å². The summed E-state index contributed by atoms with van der Waals surface area (Å²) in [4.78, 5) is 12.3. The Balaban J connectivity index is 1.51. The molecule has 0 saturated heterocycles. The molecule has 154 valence electrons. The van der Waals surface area contributed by atoms with E-state index < -0.39 is 5.91 Å². The molecule has 4 aromatic carbocycles. The van der Waals surface area contributed by atoms with Gasteiger partial charge in [-0.3, -0.25) is 4.79 Å². The number of halogens is 1. The standard InChI is InChI=1S/C25H19ClN2O3/c26-22-14-18(10-12-23(22)29)25(30)28-27-15-19-11-13-24(21-9-5-4-8-20(19)21)31-16-17-6-2-1-3-7-17/h1-15,29H,16H2,(H,28,30)/b27-15+. The van der Waals surface area contributed by atoms with Crippen molar-refractivity contribution in [3.63, 3.8) is 0 Å². The molecular weight excluding hydrogens is 412 g/mol. The third kappa shape index (κ3) is 4.85. The second-order valence-electron chi connectivity index (χ2n) is 6.84. The van der Waals surface area contributed by atoms with Gasteiger partial charge in [0.2, 0.25) is 0 Å². The van der Waals surface area contributed by atoms with Crippen molar-refractivity contribution in [1.82, 2.24) is 5.43 Å². The minimum Gasteiger partial charge on any atom is -0.506 e. The Hall–Kier alpha value is -3.83. The van der Waals surface area contributed by atoms with Gasteiger partial charge < -0.3 is 9.84 Å². The first-order chi connectivity index (χ1) is 15.1. The van der Waals surface area contributed by atoms with Gasteiger partial charge in [-0.05, 0) is 41.3 Å². The number of amides is 1. The van der Waals surface area contributed by atoms with E-state index >= 15 is 0 Å². The molecule has 0 aliphatic heterocycles. The van der Waals surface area contributed by atoms with Crippen LogP contribution >= 0.6 is 11.6 Å². The Labute approximate surface area is 184 Å². The molecule has 0 bridgehead atoms. The highest BCUT2D eigenvalue weighted by Gasteiger charge is 2.08. The Morgan fingerprint density at radius 2 is 1.71 bits per heavy atom. The first-order valence-corrected chi connectivity index (χ1v) is 10.00. The Kier molecular flexibility index (Phi) is 6.15. The highest BCUT2D eigenvalue weighted by Crippen LogP contribution is 2.28.